The lowest BCUT2D eigenvalue weighted by Gasteiger charge is -2.27. The van der Waals surface area contributed by atoms with E-state index >= 15 is 0 Å². The number of rotatable bonds is 36. The number of benzene rings is 14. The summed E-state index contributed by atoms with van der Waals surface area (Å²) in [6, 6.07) is 115. The molecular formula is C116H110ClFN6O12. The first kappa shape index (κ1) is 101. The largest absolute Gasteiger partial charge is 0.378 e. The fourth-order valence-electron chi connectivity index (χ4n) is 14.5. The van der Waals surface area contributed by atoms with E-state index in [4.69, 9.17) is 16.3 Å². The summed E-state index contributed by atoms with van der Waals surface area (Å²) in [7, 11) is 0. The molecule has 14 aromatic carbocycles. The van der Waals surface area contributed by atoms with Gasteiger partial charge in [-0.25, -0.2) is 4.39 Å². The van der Waals surface area contributed by atoms with Gasteiger partial charge >= 0.3 is 0 Å². The van der Waals surface area contributed by atoms with Gasteiger partial charge in [0.25, 0.3) is 29.5 Å². The van der Waals surface area contributed by atoms with Gasteiger partial charge in [0.1, 0.15) is 34.7 Å². The molecule has 0 radical (unpaired) electrons. The fourth-order valence-corrected chi connectivity index (χ4v) is 14.7. The van der Waals surface area contributed by atoms with Crippen molar-refractivity contribution in [2.45, 2.75) is 110 Å². The minimum Gasteiger partial charge on any atom is -0.378 e. The van der Waals surface area contributed by atoms with Crippen molar-refractivity contribution in [3.8, 4) is 0 Å². The number of hydrogen-bond acceptors (Lipinski definition) is 12. The van der Waals surface area contributed by atoms with Gasteiger partial charge in [0.05, 0.1) is 24.3 Å². The van der Waals surface area contributed by atoms with Gasteiger partial charge in [-0.2, -0.15) is 0 Å². The van der Waals surface area contributed by atoms with E-state index in [1.54, 1.807) is 95.9 Å². The third kappa shape index (κ3) is 36.2. The SMILES string of the molecule is CCC(=O)Nc1ccc(CC(=O)CCc2ccccc2)cc1.O=C(CCc1ccccc1)Cc1ccc(NC(=O)c2cccc(Cl)c2)cc1.O=C(CCc1ccccc1)Cc1ccc(NC(=O)c2cccc(F)c2)cc1.O=C(CCc1ccccc1)Cc1ccc(NC(=O)c2ccccc2)cc1.O=C(CCc1ccccc1)Cc1ccc(NC(=O)c2ccccc2C(=O)N2CCOCC2)cc1. The maximum Gasteiger partial charge on any atom is 0.256 e. The highest BCUT2D eigenvalue weighted by Crippen LogP contribution is 2.23. The second-order valence-corrected chi connectivity index (χ2v) is 33.0. The lowest BCUT2D eigenvalue weighted by atomic mass is 10.0. The molecule has 6 amide bonds. The Kier molecular flexibility index (Phi) is 40.9. The fraction of sp³-hybridized carbons (Fsp3) is 0.181. The highest BCUT2D eigenvalue weighted by atomic mass is 35.5. The van der Waals surface area contributed by atoms with Gasteiger partial charge in [0.2, 0.25) is 5.91 Å². The summed E-state index contributed by atoms with van der Waals surface area (Å²) in [4.78, 5) is 136. The van der Waals surface area contributed by atoms with Crippen molar-refractivity contribution in [1.82, 2.24) is 4.90 Å². The number of ketones is 5. The molecule has 1 saturated heterocycles. The summed E-state index contributed by atoms with van der Waals surface area (Å²) in [5.74, 6) is -0.700. The second-order valence-electron chi connectivity index (χ2n) is 32.5. The first-order valence-corrected chi connectivity index (χ1v) is 45.9. The first-order chi connectivity index (χ1) is 66.2. The number of amides is 6. The highest BCUT2D eigenvalue weighted by molar-refractivity contribution is 6.31. The molecule has 5 N–H and O–H groups in total. The molecule has 690 valence electrons. The Labute approximate surface area is 799 Å². The van der Waals surface area contributed by atoms with Crippen molar-refractivity contribution in [3.63, 3.8) is 0 Å². The van der Waals surface area contributed by atoms with E-state index in [-0.39, 0.29) is 69.9 Å². The normalized spacial score (nSPS) is 11.1. The molecule has 0 bridgehead atoms. The summed E-state index contributed by atoms with van der Waals surface area (Å²) in [6.07, 6.45) is 8.83. The third-order valence-electron chi connectivity index (χ3n) is 22.0. The van der Waals surface area contributed by atoms with Crippen LogP contribution < -0.4 is 26.6 Å². The zero-order valence-electron chi connectivity index (χ0n) is 76.0. The molecule has 14 aromatic rings. The van der Waals surface area contributed by atoms with E-state index < -0.39 is 5.82 Å². The quantitative estimate of drug-likeness (QED) is 0.0246. The first-order valence-electron chi connectivity index (χ1n) is 45.5. The van der Waals surface area contributed by atoms with E-state index in [0.717, 1.165) is 82.4 Å². The second kappa shape index (κ2) is 55.1. The number of hydrogen-bond donors (Lipinski definition) is 5. The van der Waals surface area contributed by atoms with Crippen LogP contribution in [0.25, 0.3) is 0 Å². The standard InChI is InChI=1S/C28H28N2O4.C23H20ClNO2.C23H20FNO2.C23H21NO2.C19H21NO2/c31-24(15-12-21-6-2-1-3-7-21)20-22-10-13-23(14-11-22)29-27(32)25-8-4-5-9-26(25)28(33)30-16-18-34-19-17-30;2*24-20-8-4-7-19(16-20)23(27)25-21-12-9-18(10-13-21)15-22(26)14-11-17-5-2-1-3-6-17;25-22(16-13-18-7-3-1-4-8-18)17-19-11-14-21(15-12-19)24-23(26)20-9-5-2-6-10-20;1-2-19(22)20-17-11-8-16(9-12-17)14-18(21)13-10-15-6-4-3-5-7-15/h1-11,13-14H,12,15-20H2,(H,29,32);2*1-10,12-13,16H,11,14-15H2,(H,25,27);1-12,14-15H,13,16-17H2,(H,24,26);3-9,11-12H,2,10,13-14H2,1H3,(H,20,22). The maximum atomic E-state index is 13.2. The van der Waals surface area contributed by atoms with Gasteiger partial charge in [-0.1, -0.05) is 273 Å². The number of morpholine rings is 1. The van der Waals surface area contributed by atoms with Crippen LogP contribution in [0.5, 0.6) is 0 Å². The number of carbonyl (C=O) groups excluding carboxylic acids is 11. The molecule has 1 heterocycles. The average Bonchev–Trinajstić information content (AvgIpc) is 0.817. The van der Waals surface area contributed by atoms with E-state index in [0.29, 0.717) is 141 Å². The lowest BCUT2D eigenvalue weighted by Crippen LogP contribution is -2.41. The van der Waals surface area contributed by atoms with Crippen LogP contribution in [0.3, 0.4) is 0 Å². The molecule has 1 aliphatic heterocycles. The lowest BCUT2D eigenvalue weighted by molar-refractivity contribution is -0.119. The molecule has 1 fully saturated rings. The number of aryl methyl sites for hydroxylation is 5. The van der Waals surface area contributed by atoms with Crippen molar-refractivity contribution in [2.75, 3.05) is 52.9 Å². The predicted octanol–water partition coefficient (Wildman–Crippen LogP) is 22.8. The topological polar surface area (TPSA) is 260 Å². The van der Waals surface area contributed by atoms with Crippen LogP contribution in [0.2, 0.25) is 5.02 Å². The van der Waals surface area contributed by atoms with E-state index in [2.05, 4.69) is 26.6 Å². The van der Waals surface area contributed by atoms with Gasteiger partial charge in [-0.3, -0.25) is 52.7 Å². The minimum absolute atomic E-state index is 0.00770. The molecule has 0 aliphatic carbocycles. The van der Waals surface area contributed by atoms with E-state index in [1.165, 1.54) is 34.9 Å². The van der Waals surface area contributed by atoms with Crippen molar-refractivity contribution in [3.05, 3.63) is 470 Å². The number of halogens is 2. The maximum absolute atomic E-state index is 13.2. The highest BCUT2D eigenvalue weighted by Gasteiger charge is 2.24. The van der Waals surface area contributed by atoms with Gasteiger partial charge in [0.15, 0.2) is 0 Å². The van der Waals surface area contributed by atoms with Crippen LogP contribution in [-0.4, -0.2) is 95.6 Å². The third-order valence-corrected chi connectivity index (χ3v) is 22.2. The molecule has 136 heavy (non-hydrogen) atoms. The van der Waals surface area contributed by atoms with E-state index in [1.807, 2.05) is 274 Å². The van der Waals surface area contributed by atoms with Crippen LogP contribution >= 0.6 is 11.6 Å². The average molecular weight is 1830 g/mol. The molecule has 0 saturated carbocycles. The van der Waals surface area contributed by atoms with Crippen LogP contribution in [-0.2, 0) is 97.7 Å². The molecule has 1 aliphatic rings. The molecule has 0 aromatic heterocycles. The summed E-state index contributed by atoms with van der Waals surface area (Å²) < 4.78 is 18.5. The van der Waals surface area contributed by atoms with E-state index in [9.17, 15) is 57.1 Å². The number of nitrogens with one attached hydrogen (secondary N) is 5. The monoisotopic (exact) mass is 1830 g/mol. The van der Waals surface area contributed by atoms with Gasteiger partial charge < -0.3 is 36.2 Å². The Morgan fingerprint density at radius 1 is 0.279 bits per heavy atom. The van der Waals surface area contributed by atoms with Gasteiger partial charge in [0, 0.05) is 134 Å². The van der Waals surface area contributed by atoms with Crippen molar-refractivity contribution < 1.29 is 61.9 Å². The van der Waals surface area contributed by atoms with Crippen LogP contribution in [0.4, 0.5) is 32.8 Å². The number of nitrogens with zero attached hydrogens (tertiary/aromatic N) is 1. The zero-order valence-corrected chi connectivity index (χ0v) is 76.8. The smallest absolute Gasteiger partial charge is 0.256 e. The Hall–Kier alpha value is -15.6. The summed E-state index contributed by atoms with van der Waals surface area (Å²) in [5, 5.41) is 14.6. The molecule has 20 heteroatoms. The Bertz CT molecular complexity index is 6060. The Morgan fingerprint density at radius 2 is 0.544 bits per heavy atom. The Balaban J connectivity index is 0.000000164. The molecule has 0 unspecified atom stereocenters. The summed E-state index contributed by atoms with van der Waals surface area (Å²) in [6.45, 7) is 3.85. The molecule has 15 rings (SSSR count). The summed E-state index contributed by atoms with van der Waals surface area (Å²) >= 11 is 5.91. The molecule has 18 nitrogen and oxygen atoms in total. The van der Waals surface area contributed by atoms with Crippen molar-refractivity contribution in [1.29, 1.82) is 0 Å². The van der Waals surface area contributed by atoms with Gasteiger partial charge in [-0.15, -0.1) is 0 Å². The number of anilines is 5. The zero-order chi connectivity index (χ0) is 95.9. The molecular weight excluding hydrogens is 1720 g/mol. The van der Waals surface area contributed by atoms with Crippen LogP contribution in [0, 0.1) is 5.82 Å². The number of ether oxygens (including phenoxy) is 1. The minimum atomic E-state index is -0.452. The molecule has 0 spiro atoms. The summed E-state index contributed by atoms with van der Waals surface area (Å²) in [5.41, 5.74) is 16.0. The number of carbonyl (C=O) groups is 11. The predicted molar refractivity (Wildman–Crippen MR) is 538 cm³/mol. The van der Waals surface area contributed by atoms with Crippen molar-refractivity contribution >= 4 is 104 Å². The number of Topliss-reactive ketones (excluding diaryl/α,β-unsaturated/α-hetero) is 5. The Morgan fingerprint density at radius 3 is 0.853 bits per heavy atom. The molecule has 0 atom stereocenters. The van der Waals surface area contributed by atoms with Crippen LogP contribution in [0.1, 0.15) is 153 Å². The van der Waals surface area contributed by atoms with Crippen LogP contribution in [0.15, 0.2) is 376 Å². The van der Waals surface area contributed by atoms with Crippen molar-refractivity contribution in [2.24, 2.45) is 0 Å². The van der Waals surface area contributed by atoms with Gasteiger partial charge in [-0.05, 0) is 209 Å².